The van der Waals surface area contributed by atoms with Crippen LogP contribution in [0.25, 0.3) is 0 Å². The molecule has 2 N–H and O–H groups in total. The molecule has 1 saturated heterocycles. The van der Waals surface area contributed by atoms with Gasteiger partial charge in [-0.1, -0.05) is 19.9 Å². The van der Waals surface area contributed by atoms with E-state index in [0.29, 0.717) is 23.1 Å². The smallest absolute Gasteiger partial charge is 0.228 e. The van der Waals surface area contributed by atoms with E-state index in [0.717, 1.165) is 24.9 Å². The lowest BCUT2D eigenvalue weighted by molar-refractivity contribution is -0.121. The zero-order valence-electron chi connectivity index (χ0n) is 17.0. The van der Waals surface area contributed by atoms with Gasteiger partial charge in [0.05, 0.1) is 17.8 Å². The number of nitrogens with one attached hydrogen (secondary N) is 2. The zero-order chi connectivity index (χ0) is 21.0. The summed E-state index contributed by atoms with van der Waals surface area (Å²) in [6.07, 6.45) is 1.91. The first kappa shape index (κ1) is 21.2. The van der Waals surface area contributed by atoms with Gasteiger partial charge in [0.1, 0.15) is 5.82 Å². The van der Waals surface area contributed by atoms with Crippen molar-refractivity contribution in [3.63, 3.8) is 0 Å². The number of hydrogen-bond donors (Lipinski definition) is 2. The third kappa shape index (κ3) is 5.76. The third-order valence-electron chi connectivity index (χ3n) is 4.88. The number of amides is 2. The summed E-state index contributed by atoms with van der Waals surface area (Å²) < 4.78 is 14.2. The van der Waals surface area contributed by atoms with Crippen LogP contribution in [-0.4, -0.2) is 35.9 Å². The first-order valence-electron chi connectivity index (χ1n) is 9.87. The van der Waals surface area contributed by atoms with Gasteiger partial charge in [0, 0.05) is 30.4 Å². The molecular formula is C21H27FN4O2S. The van der Waals surface area contributed by atoms with E-state index >= 15 is 0 Å². The standard InChI is InChI=1S/C21H27FN4O2S/c1-13(2)20(28)25-21-24-16(12-29-21)10-19(27)23-15-5-4-8-26(11-15)18-9-14(3)6-7-17(18)22/h6-7,9,12-13,15H,4-5,8,10-11H2,1-3H3,(H,23,27)(H,24,25,28). The van der Waals surface area contributed by atoms with Crippen molar-refractivity contribution >= 4 is 34.0 Å². The summed E-state index contributed by atoms with van der Waals surface area (Å²) in [7, 11) is 0. The molecule has 2 aromatic rings. The number of hydrogen-bond acceptors (Lipinski definition) is 5. The van der Waals surface area contributed by atoms with Gasteiger partial charge in [-0.15, -0.1) is 11.3 Å². The monoisotopic (exact) mass is 418 g/mol. The zero-order valence-corrected chi connectivity index (χ0v) is 17.8. The van der Waals surface area contributed by atoms with Crippen molar-refractivity contribution in [3.05, 3.63) is 40.7 Å². The van der Waals surface area contributed by atoms with Crippen molar-refractivity contribution in [2.75, 3.05) is 23.3 Å². The van der Waals surface area contributed by atoms with Crippen LogP contribution >= 0.6 is 11.3 Å². The summed E-state index contributed by atoms with van der Waals surface area (Å²) in [4.78, 5) is 30.5. The maximum atomic E-state index is 14.2. The molecule has 1 atom stereocenters. The van der Waals surface area contributed by atoms with Crippen LogP contribution < -0.4 is 15.5 Å². The van der Waals surface area contributed by atoms with Gasteiger partial charge in [-0.05, 0) is 37.5 Å². The topological polar surface area (TPSA) is 74.3 Å². The van der Waals surface area contributed by atoms with Gasteiger partial charge in [0.2, 0.25) is 11.8 Å². The molecule has 1 aromatic carbocycles. The Hall–Kier alpha value is -2.48. The average molecular weight is 419 g/mol. The van der Waals surface area contributed by atoms with Crippen molar-refractivity contribution in [2.24, 2.45) is 5.92 Å². The highest BCUT2D eigenvalue weighted by Crippen LogP contribution is 2.24. The maximum Gasteiger partial charge on any atom is 0.228 e. The van der Waals surface area contributed by atoms with Gasteiger partial charge in [0.25, 0.3) is 0 Å². The molecule has 0 radical (unpaired) electrons. The lowest BCUT2D eigenvalue weighted by Crippen LogP contribution is -2.48. The molecule has 0 spiro atoms. The highest BCUT2D eigenvalue weighted by Gasteiger charge is 2.24. The fourth-order valence-electron chi connectivity index (χ4n) is 3.32. The number of piperidine rings is 1. The molecule has 1 unspecified atom stereocenters. The van der Waals surface area contributed by atoms with Crippen molar-refractivity contribution in [1.82, 2.24) is 10.3 Å². The molecule has 29 heavy (non-hydrogen) atoms. The summed E-state index contributed by atoms with van der Waals surface area (Å²) >= 11 is 1.31. The highest BCUT2D eigenvalue weighted by molar-refractivity contribution is 7.13. The Kier molecular flexibility index (Phi) is 6.84. The second kappa shape index (κ2) is 9.35. The number of thiazole rings is 1. The predicted octanol–water partition coefficient (Wildman–Crippen LogP) is 3.51. The molecule has 2 amide bonds. The summed E-state index contributed by atoms with van der Waals surface area (Å²) in [6.45, 7) is 6.93. The summed E-state index contributed by atoms with van der Waals surface area (Å²) in [5.41, 5.74) is 2.23. The highest BCUT2D eigenvalue weighted by atomic mass is 32.1. The number of anilines is 2. The Balaban J connectivity index is 1.55. The SMILES string of the molecule is Cc1ccc(F)c(N2CCCC(NC(=O)Cc3csc(NC(=O)C(C)C)n3)C2)c1. The minimum Gasteiger partial charge on any atom is -0.367 e. The van der Waals surface area contributed by atoms with Crippen molar-refractivity contribution in [2.45, 2.75) is 46.1 Å². The summed E-state index contributed by atoms with van der Waals surface area (Å²) in [6, 6.07) is 5.07. The number of carbonyl (C=O) groups excluding carboxylic acids is 2. The second-order valence-corrected chi connectivity index (χ2v) is 8.63. The Labute approximate surface area is 174 Å². The molecule has 1 fully saturated rings. The molecule has 6 nitrogen and oxygen atoms in total. The fraction of sp³-hybridized carbons (Fsp3) is 0.476. The quantitative estimate of drug-likeness (QED) is 0.753. The van der Waals surface area contributed by atoms with Crippen LogP contribution in [-0.2, 0) is 16.0 Å². The van der Waals surface area contributed by atoms with Gasteiger partial charge in [-0.2, -0.15) is 0 Å². The number of aromatic nitrogens is 1. The minimum atomic E-state index is -0.235. The van der Waals surface area contributed by atoms with E-state index in [1.165, 1.54) is 17.4 Å². The first-order valence-corrected chi connectivity index (χ1v) is 10.8. The summed E-state index contributed by atoms with van der Waals surface area (Å²) in [5, 5.41) is 8.08. The van der Waals surface area contributed by atoms with E-state index in [1.807, 2.05) is 31.7 Å². The second-order valence-electron chi connectivity index (χ2n) is 7.77. The summed E-state index contributed by atoms with van der Waals surface area (Å²) in [5.74, 6) is -0.575. The molecule has 1 aromatic heterocycles. The molecule has 0 saturated carbocycles. The van der Waals surface area contributed by atoms with E-state index in [4.69, 9.17) is 0 Å². The average Bonchev–Trinajstić information content (AvgIpc) is 3.10. The maximum absolute atomic E-state index is 14.2. The number of carbonyl (C=O) groups is 2. The van der Waals surface area contributed by atoms with Gasteiger partial charge >= 0.3 is 0 Å². The van der Waals surface area contributed by atoms with Crippen LogP contribution in [0.3, 0.4) is 0 Å². The van der Waals surface area contributed by atoms with Crippen molar-refractivity contribution < 1.29 is 14.0 Å². The van der Waals surface area contributed by atoms with Gasteiger partial charge in [-0.25, -0.2) is 9.37 Å². The van der Waals surface area contributed by atoms with Crippen molar-refractivity contribution in [3.8, 4) is 0 Å². The molecule has 1 aliphatic rings. The lowest BCUT2D eigenvalue weighted by Gasteiger charge is -2.35. The molecule has 3 rings (SSSR count). The van der Waals surface area contributed by atoms with Crippen molar-refractivity contribution in [1.29, 1.82) is 0 Å². The Morgan fingerprint density at radius 2 is 2.17 bits per heavy atom. The molecule has 8 heteroatoms. The van der Waals surface area contributed by atoms with Gasteiger partial charge in [0.15, 0.2) is 5.13 Å². The first-order chi connectivity index (χ1) is 13.8. The molecular weight excluding hydrogens is 391 g/mol. The van der Waals surface area contributed by atoms with E-state index in [1.54, 1.807) is 11.4 Å². The number of aryl methyl sites for hydroxylation is 1. The number of rotatable bonds is 6. The van der Waals surface area contributed by atoms with E-state index in [2.05, 4.69) is 15.6 Å². The number of halogens is 1. The van der Waals surface area contributed by atoms with Crippen LogP contribution in [0.15, 0.2) is 23.6 Å². The molecule has 1 aliphatic heterocycles. The normalized spacial score (nSPS) is 16.7. The van der Waals surface area contributed by atoms with Gasteiger partial charge in [-0.3, -0.25) is 9.59 Å². The van der Waals surface area contributed by atoms with E-state index < -0.39 is 0 Å². The van der Waals surface area contributed by atoms with Crippen LogP contribution in [0.2, 0.25) is 0 Å². The molecule has 2 heterocycles. The third-order valence-corrected chi connectivity index (χ3v) is 5.68. The molecule has 156 valence electrons. The van der Waals surface area contributed by atoms with E-state index in [9.17, 15) is 14.0 Å². The Morgan fingerprint density at radius 1 is 1.38 bits per heavy atom. The van der Waals surface area contributed by atoms with Crippen LogP contribution in [0.1, 0.15) is 37.9 Å². The number of nitrogens with zero attached hydrogens (tertiary/aromatic N) is 2. The fourth-order valence-corrected chi connectivity index (χ4v) is 4.03. The minimum absolute atomic E-state index is 0.0325. The van der Waals surface area contributed by atoms with E-state index in [-0.39, 0.29) is 36.0 Å². The largest absolute Gasteiger partial charge is 0.367 e. The Bertz CT molecular complexity index is 883. The lowest BCUT2D eigenvalue weighted by atomic mass is 10.0. The van der Waals surface area contributed by atoms with Crippen LogP contribution in [0, 0.1) is 18.7 Å². The predicted molar refractivity (Wildman–Crippen MR) is 114 cm³/mol. The molecule has 0 bridgehead atoms. The van der Waals surface area contributed by atoms with Crippen LogP contribution in [0.5, 0.6) is 0 Å². The van der Waals surface area contributed by atoms with Crippen LogP contribution in [0.4, 0.5) is 15.2 Å². The molecule has 0 aliphatic carbocycles. The Morgan fingerprint density at radius 3 is 2.93 bits per heavy atom. The van der Waals surface area contributed by atoms with Gasteiger partial charge < -0.3 is 15.5 Å². The number of benzene rings is 1.